The highest BCUT2D eigenvalue weighted by atomic mass is 79.9. The van der Waals surface area contributed by atoms with Gasteiger partial charge in [0.05, 0.1) is 22.7 Å². The summed E-state index contributed by atoms with van der Waals surface area (Å²) < 4.78 is 64.9. The van der Waals surface area contributed by atoms with Crippen molar-refractivity contribution >= 4 is 26.0 Å². The van der Waals surface area contributed by atoms with Gasteiger partial charge < -0.3 is 0 Å². The highest BCUT2D eigenvalue weighted by molar-refractivity contribution is 9.10. The van der Waals surface area contributed by atoms with Crippen LogP contribution in [-0.4, -0.2) is 13.4 Å². The van der Waals surface area contributed by atoms with Crippen LogP contribution in [0.4, 0.5) is 13.2 Å². The van der Waals surface area contributed by atoms with E-state index in [2.05, 4.69) is 25.6 Å². The minimum Gasteiger partial charge on any atom is -0.260 e. The molecule has 22 heavy (non-hydrogen) atoms. The van der Waals surface area contributed by atoms with Crippen LogP contribution >= 0.6 is 15.9 Å². The maximum atomic E-state index is 12.6. The van der Waals surface area contributed by atoms with Gasteiger partial charge in [0, 0.05) is 10.7 Å². The molecule has 1 heterocycles. The maximum absolute atomic E-state index is 12.6. The van der Waals surface area contributed by atoms with E-state index in [0.717, 1.165) is 22.7 Å². The monoisotopic (exact) mass is 394 g/mol. The van der Waals surface area contributed by atoms with E-state index < -0.39 is 26.7 Å². The van der Waals surface area contributed by atoms with Crippen molar-refractivity contribution in [2.24, 2.45) is 0 Å². The fourth-order valence-corrected chi connectivity index (χ4v) is 3.06. The van der Waals surface area contributed by atoms with Gasteiger partial charge in [0.15, 0.2) is 0 Å². The van der Waals surface area contributed by atoms with Gasteiger partial charge in [-0.1, -0.05) is 22.0 Å². The summed E-state index contributed by atoms with van der Waals surface area (Å²) in [5.74, 6) is 0. The van der Waals surface area contributed by atoms with Crippen molar-refractivity contribution in [3.8, 4) is 0 Å². The predicted octanol–water partition coefficient (Wildman–Crippen LogP) is 3.34. The normalized spacial score (nSPS) is 12.4. The largest absolute Gasteiger partial charge is 0.416 e. The van der Waals surface area contributed by atoms with E-state index in [1.165, 1.54) is 6.20 Å². The number of aromatic nitrogens is 1. The van der Waals surface area contributed by atoms with Crippen LogP contribution < -0.4 is 4.72 Å². The Bertz CT molecular complexity index is 779. The molecule has 2 aromatic rings. The fraction of sp³-hybridized carbons (Fsp3) is 0.154. The molecule has 4 nitrogen and oxygen atoms in total. The average Bonchev–Trinajstić information content (AvgIpc) is 2.45. The molecule has 0 spiro atoms. The van der Waals surface area contributed by atoms with Crippen molar-refractivity contribution in [2.45, 2.75) is 17.6 Å². The molecule has 118 valence electrons. The third-order valence-corrected chi connectivity index (χ3v) is 4.59. The molecule has 1 aromatic heterocycles. The molecule has 2 rings (SSSR count). The lowest BCUT2D eigenvalue weighted by molar-refractivity contribution is -0.137. The first-order valence-electron chi connectivity index (χ1n) is 5.96. The number of hydrogen-bond acceptors (Lipinski definition) is 3. The van der Waals surface area contributed by atoms with E-state index >= 15 is 0 Å². The van der Waals surface area contributed by atoms with Gasteiger partial charge in [-0.25, -0.2) is 13.1 Å². The third-order valence-electron chi connectivity index (χ3n) is 2.69. The smallest absolute Gasteiger partial charge is 0.260 e. The first-order chi connectivity index (χ1) is 10.2. The summed E-state index contributed by atoms with van der Waals surface area (Å²) in [5, 5.41) is 0. The summed E-state index contributed by atoms with van der Waals surface area (Å²) in [6, 6.07) is 6.84. The van der Waals surface area contributed by atoms with Crippen LogP contribution in [0, 0.1) is 0 Å². The minimum atomic E-state index is -4.60. The number of nitrogens with one attached hydrogen (secondary N) is 1. The molecule has 0 atom stereocenters. The number of benzene rings is 1. The minimum absolute atomic E-state index is 0.127. The van der Waals surface area contributed by atoms with Gasteiger partial charge in [0.2, 0.25) is 10.0 Å². The zero-order valence-corrected chi connectivity index (χ0v) is 13.3. The molecule has 1 aromatic carbocycles. The molecule has 1 N–H and O–H groups in total. The number of sulfonamides is 1. The lowest BCUT2D eigenvalue weighted by atomic mass is 10.2. The van der Waals surface area contributed by atoms with E-state index in [-0.39, 0.29) is 6.54 Å². The summed E-state index contributed by atoms with van der Waals surface area (Å²) in [5.41, 5.74) is -0.583. The zero-order valence-electron chi connectivity index (χ0n) is 10.9. The van der Waals surface area contributed by atoms with Gasteiger partial charge in [0.1, 0.15) is 0 Å². The van der Waals surface area contributed by atoms with Gasteiger partial charge in [-0.3, -0.25) is 4.98 Å². The van der Waals surface area contributed by atoms with Crippen LogP contribution in [0.25, 0.3) is 0 Å². The quantitative estimate of drug-likeness (QED) is 0.864. The third kappa shape index (κ3) is 4.28. The number of rotatable bonds is 4. The van der Waals surface area contributed by atoms with Gasteiger partial charge in [0.25, 0.3) is 0 Å². The molecule has 0 bridgehead atoms. The van der Waals surface area contributed by atoms with Crippen LogP contribution in [0.1, 0.15) is 11.3 Å². The van der Waals surface area contributed by atoms with Crippen molar-refractivity contribution in [2.75, 3.05) is 0 Å². The Morgan fingerprint density at radius 2 is 1.91 bits per heavy atom. The molecule has 0 saturated heterocycles. The first kappa shape index (κ1) is 16.9. The SMILES string of the molecule is O=S(=O)(NCc1cc(Br)ccn1)c1cccc(C(F)(F)F)c1. The van der Waals surface area contributed by atoms with Crippen molar-refractivity contribution in [1.82, 2.24) is 9.71 Å². The molecule has 0 amide bonds. The number of hydrogen-bond donors (Lipinski definition) is 1. The Morgan fingerprint density at radius 3 is 2.55 bits per heavy atom. The molecule has 0 radical (unpaired) electrons. The summed E-state index contributed by atoms with van der Waals surface area (Å²) in [6.07, 6.45) is -3.12. The van der Waals surface area contributed by atoms with E-state index in [0.29, 0.717) is 11.8 Å². The van der Waals surface area contributed by atoms with Crippen molar-refractivity contribution in [3.05, 3.63) is 58.3 Å². The lowest BCUT2D eigenvalue weighted by Gasteiger charge is -2.10. The van der Waals surface area contributed by atoms with Crippen LogP contribution in [0.15, 0.2) is 52.0 Å². The van der Waals surface area contributed by atoms with Crippen LogP contribution in [0.5, 0.6) is 0 Å². The van der Waals surface area contributed by atoms with Crippen LogP contribution in [0.3, 0.4) is 0 Å². The zero-order chi connectivity index (χ0) is 16.4. The maximum Gasteiger partial charge on any atom is 0.416 e. The molecule has 0 saturated carbocycles. The summed E-state index contributed by atoms with van der Waals surface area (Å²) in [6.45, 7) is -0.127. The highest BCUT2D eigenvalue weighted by Crippen LogP contribution is 2.30. The number of halogens is 4. The molecule has 0 aliphatic carbocycles. The molecule has 0 aliphatic rings. The van der Waals surface area contributed by atoms with E-state index in [1.54, 1.807) is 12.1 Å². The Labute approximate surface area is 133 Å². The summed E-state index contributed by atoms with van der Waals surface area (Å²) in [4.78, 5) is 3.51. The summed E-state index contributed by atoms with van der Waals surface area (Å²) in [7, 11) is -4.06. The lowest BCUT2D eigenvalue weighted by Crippen LogP contribution is -2.24. The van der Waals surface area contributed by atoms with Crippen molar-refractivity contribution < 1.29 is 21.6 Å². The van der Waals surface area contributed by atoms with Gasteiger partial charge in [-0.15, -0.1) is 0 Å². The first-order valence-corrected chi connectivity index (χ1v) is 8.23. The molecule has 9 heteroatoms. The van der Waals surface area contributed by atoms with Crippen molar-refractivity contribution in [3.63, 3.8) is 0 Å². The van der Waals surface area contributed by atoms with E-state index in [4.69, 9.17) is 0 Å². The highest BCUT2D eigenvalue weighted by Gasteiger charge is 2.31. The van der Waals surface area contributed by atoms with Gasteiger partial charge >= 0.3 is 6.18 Å². The van der Waals surface area contributed by atoms with Gasteiger partial charge in [-0.05, 0) is 30.3 Å². The Hall–Kier alpha value is -1.45. The second-order valence-electron chi connectivity index (χ2n) is 4.32. The molecule has 0 unspecified atom stereocenters. The van der Waals surface area contributed by atoms with Crippen molar-refractivity contribution in [1.29, 1.82) is 0 Å². The van der Waals surface area contributed by atoms with E-state index in [9.17, 15) is 21.6 Å². The van der Waals surface area contributed by atoms with Crippen LogP contribution in [-0.2, 0) is 22.7 Å². The number of nitrogens with zero attached hydrogens (tertiary/aromatic N) is 1. The predicted molar refractivity (Wildman–Crippen MR) is 77.4 cm³/mol. The number of alkyl halides is 3. The average molecular weight is 395 g/mol. The molecule has 0 fully saturated rings. The van der Waals surface area contributed by atoms with Gasteiger partial charge in [-0.2, -0.15) is 13.2 Å². The summed E-state index contributed by atoms with van der Waals surface area (Å²) >= 11 is 3.22. The second-order valence-corrected chi connectivity index (χ2v) is 7.00. The standard InChI is InChI=1S/C13H10BrF3N2O2S/c14-10-4-5-18-11(7-10)8-19-22(20,21)12-3-1-2-9(6-12)13(15,16)17/h1-7,19H,8H2. The van der Waals surface area contributed by atoms with E-state index in [1.807, 2.05) is 0 Å². The Morgan fingerprint density at radius 1 is 1.18 bits per heavy atom. The Balaban J connectivity index is 2.20. The topological polar surface area (TPSA) is 59.1 Å². The number of pyridine rings is 1. The second kappa shape index (κ2) is 6.35. The molecular formula is C13H10BrF3N2O2S. The molecule has 0 aliphatic heterocycles. The molecular weight excluding hydrogens is 385 g/mol. The van der Waals surface area contributed by atoms with Crippen LogP contribution in [0.2, 0.25) is 0 Å². The Kier molecular flexibility index (Phi) is 4.88. The fourth-order valence-electron chi connectivity index (χ4n) is 1.64.